The molecular weight excluding hydrogens is 390 g/mol. The van der Waals surface area contributed by atoms with Crippen LogP contribution in [0.3, 0.4) is 0 Å². The van der Waals surface area contributed by atoms with E-state index in [2.05, 4.69) is 16.6 Å². The highest BCUT2D eigenvalue weighted by molar-refractivity contribution is 5.95. The molecule has 0 heterocycles. The molecule has 0 bridgehead atoms. The van der Waals surface area contributed by atoms with Crippen LogP contribution in [0.1, 0.15) is 40.4 Å². The summed E-state index contributed by atoms with van der Waals surface area (Å²) in [5, 5.41) is 12.9. The Kier molecular flexibility index (Phi) is 7.78. The van der Waals surface area contributed by atoms with Crippen LogP contribution < -0.4 is 14.9 Å². The number of benzene rings is 3. The maximum Gasteiger partial charge on any atom is 0.271 e. The highest BCUT2D eigenvalue weighted by Gasteiger charge is 2.05. The Bertz CT molecular complexity index is 1070. The van der Waals surface area contributed by atoms with E-state index in [1.807, 2.05) is 43.3 Å². The first-order valence-electron chi connectivity index (χ1n) is 9.96. The summed E-state index contributed by atoms with van der Waals surface area (Å²) in [7, 11) is 0. The number of amides is 1. The summed E-state index contributed by atoms with van der Waals surface area (Å²) < 4.78 is 11.4. The minimum absolute atomic E-state index is 0.311. The lowest BCUT2D eigenvalue weighted by molar-refractivity contribution is 0.0955. The van der Waals surface area contributed by atoms with Crippen LogP contribution in [0.5, 0.6) is 11.5 Å². The molecule has 1 amide bonds. The van der Waals surface area contributed by atoms with Crippen molar-refractivity contribution in [1.29, 1.82) is 5.26 Å². The zero-order valence-electron chi connectivity index (χ0n) is 17.2. The molecule has 3 aromatic rings. The molecule has 0 atom stereocenters. The number of hydrazone groups is 1. The van der Waals surface area contributed by atoms with Crippen molar-refractivity contribution in [2.45, 2.75) is 20.0 Å². The van der Waals surface area contributed by atoms with Gasteiger partial charge in [0.25, 0.3) is 5.91 Å². The number of ether oxygens (including phenoxy) is 2. The van der Waals surface area contributed by atoms with Crippen LogP contribution in [-0.4, -0.2) is 18.7 Å². The van der Waals surface area contributed by atoms with Crippen LogP contribution >= 0.6 is 0 Å². The third-order valence-corrected chi connectivity index (χ3v) is 4.36. The van der Waals surface area contributed by atoms with E-state index in [-0.39, 0.29) is 5.91 Å². The quantitative estimate of drug-likeness (QED) is 0.407. The average Bonchev–Trinajstić information content (AvgIpc) is 2.82. The normalized spacial score (nSPS) is 10.5. The van der Waals surface area contributed by atoms with E-state index in [4.69, 9.17) is 14.7 Å². The van der Waals surface area contributed by atoms with Crippen LogP contribution in [0.2, 0.25) is 0 Å². The number of carbonyl (C=O) groups is 1. The van der Waals surface area contributed by atoms with Gasteiger partial charge in [0, 0.05) is 11.1 Å². The molecule has 0 fully saturated rings. The maximum absolute atomic E-state index is 12.3. The highest BCUT2D eigenvalue weighted by atomic mass is 16.5. The van der Waals surface area contributed by atoms with E-state index < -0.39 is 0 Å². The van der Waals surface area contributed by atoms with Gasteiger partial charge in [0.2, 0.25) is 0 Å². The van der Waals surface area contributed by atoms with Gasteiger partial charge in [-0.1, -0.05) is 31.2 Å². The van der Waals surface area contributed by atoms with Gasteiger partial charge in [-0.2, -0.15) is 10.4 Å². The van der Waals surface area contributed by atoms with Gasteiger partial charge in [0.15, 0.2) is 0 Å². The van der Waals surface area contributed by atoms with Crippen molar-refractivity contribution in [3.8, 4) is 17.6 Å². The molecule has 3 rings (SSSR count). The highest BCUT2D eigenvalue weighted by Crippen LogP contribution is 2.18. The number of nitrogens with zero attached hydrogens (tertiary/aromatic N) is 2. The molecule has 1 N–H and O–H groups in total. The lowest BCUT2D eigenvalue weighted by Gasteiger charge is -2.09. The second-order valence-electron chi connectivity index (χ2n) is 6.71. The van der Waals surface area contributed by atoms with Crippen molar-refractivity contribution in [2.75, 3.05) is 6.61 Å². The Morgan fingerprint density at radius 3 is 2.48 bits per heavy atom. The van der Waals surface area contributed by atoms with E-state index in [9.17, 15) is 4.79 Å². The number of para-hydroxylation sites is 1. The predicted molar refractivity (Wildman–Crippen MR) is 119 cm³/mol. The van der Waals surface area contributed by atoms with Crippen molar-refractivity contribution >= 4 is 12.1 Å². The second-order valence-corrected chi connectivity index (χ2v) is 6.71. The summed E-state index contributed by atoms with van der Waals surface area (Å²) in [5.74, 6) is 1.06. The first-order chi connectivity index (χ1) is 15.2. The molecule has 0 saturated carbocycles. The van der Waals surface area contributed by atoms with Gasteiger partial charge in [-0.25, -0.2) is 5.43 Å². The summed E-state index contributed by atoms with van der Waals surface area (Å²) in [6.45, 7) is 3.04. The summed E-state index contributed by atoms with van der Waals surface area (Å²) >= 11 is 0. The number of hydrogen-bond donors (Lipinski definition) is 1. The van der Waals surface area contributed by atoms with E-state index in [1.54, 1.807) is 42.6 Å². The van der Waals surface area contributed by atoms with E-state index in [0.29, 0.717) is 30.1 Å². The Hall–Kier alpha value is -4.11. The number of hydrogen-bond acceptors (Lipinski definition) is 5. The van der Waals surface area contributed by atoms with Crippen LogP contribution in [0, 0.1) is 11.3 Å². The maximum atomic E-state index is 12.3. The van der Waals surface area contributed by atoms with Gasteiger partial charge >= 0.3 is 0 Å². The molecule has 0 spiro atoms. The third kappa shape index (κ3) is 6.44. The molecule has 156 valence electrons. The Morgan fingerprint density at radius 1 is 1.03 bits per heavy atom. The fourth-order valence-electron chi connectivity index (χ4n) is 2.70. The molecular formula is C25H23N3O3. The van der Waals surface area contributed by atoms with Gasteiger partial charge in [0.05, 0.1) is 24.5 Å². The molecule has 0 aliphatic carbocycles. The van der Waals surface area contributed by atoms with Gasteiger partial charge in [-0.05, 0) is 60.5 Å². The molecule has 0 radical (unpaired) electrons. The Balaban J connectivity index is 1.58. The average molecular weight is 413 g/mol. The van der Waals surface area contributed by atoms with Crippen molar-refractivity contribution in [1.82, 2.24) is 5.43 Å². The van der Waals surface area contributed by atoms with Crippen LogP contribution in [0.25, 0.3) is 0 Å². The molecule has 3 aromatic carbocycles. The zero-order chi connectivity index (χ0) is 21.9. The van der Waals surface area contributed by atoms with Gasteiger partial charge < -0.3 is 9.47 Å². The summed E-state index contributed by atoms with van der Waals surface area (Å²) in [4.78, 5) is 12.3. The lowest BCUT2D eigenvalue weighted by Crippen LogP contribution is -2.17. The van der Waals surface area contributed by atoms with Crippen LogP contribution in [0.15, 0.2) is 77.9 Å². The van der Waals surface area contributed by atoms with E-state index in [0.717, 1.165) is 23.3 Å². The first-order valence-corrected chi connectivity index (χ1v) is 9.96. The van der Waals surface area contributed by atoms with Crippen molar-refractivity contribution < 1.29 is 14.3 Å². The fourth-order valence-corrected chi connectivity index (χ4v) is 2.70. The first kappa shape index (κ1) is 21.6. The smallest absolute Gasteiger partial charge is 0.271 e. The van der Waals surface area contributed by atoms with Crippen LogP contribution in [0.4, 0.5) is 0 Å². The number of carbonyl (C=O) groups excluding carboxylic acids is 1. The largest absolute Gasteiger partial charge is 0.494 e. The standard InChI is InChI=1S/C25H23N3O3/c1-2-15-30-23-13-11-21(12-14-23)25(29)28-27-17-22-5-3-4-6-24(22)31-18-20-9-7-19(16-26)8-10-20/h3-14,17H,2,15,18H2,1H3,(H,28,29)/b27-17+. The summed E-state index contributed by atoms with van der Waals surface area (Å²) in [5.41, 5.74) is 5.31. The zero-order valence-corrected chi connectivity index (χ0v) is 17.2. The SMILES string of the molecule is CCCOc1ccc(C(=O)N/N=C/c2ccccc2OCc2ccc(C#N)cc2)cc1. The molecule has 0 aliphatic rings. The molecule has 0 saturated heterocycles. The minimum atomic E-state index is -0.311. The topological polar surface area (TPSA) is 83.7 Å². The van der Waals surface area contributed by atoms with Crippen LogP contribution in [-0.2, 0) is 6.61 Å². The number of nitriles is 1. The number of rotatable bonds is 9. The molecule has 31 heavy (non-hydrogen) atoms. The number of nitrogens with one attached hydrogen (secondary N) is 1. The minimum Gasteiger partial charge on any atom is -0.494 e. The molecule has 6 heteroatoms. The lowest BCUT2D eigenvalue weighted by atomic mass is 10.1. The molecule has 6 nitrogen and oxygen atoms in total. The summed E-state index contributed by atoms with van der Waals surface area (Å²) in [6, 6.07) is 23.7. The van der Waals surface area contributed by atoms with E-state index >= 15 is 0 Å². The fraction of sp³-hybridized carbons (Fsp3) is 0.160. The van der Waals surface area contributed by atoms with Crippen molar-refractivity contribution in [3.05, 3.63) is 95.1 Å². The molecule has 0 aromatic heterocycles. The Labute approximate surface area is 181 Å². The Morgan fingerprint density at radius 2 is 1.77 bits per heavy atom. The second kappa shape index (κ2) is 11.2. The van der Waals surface area contributed by atoms with Gasteiger partial charge in [-0.15, -0.1) is 0 Å². The van der Waals surface area contributed by atoms with Crippen molar-refractivity contribution in [3.63, 3.8) is 0 Å². The monoisotopic (exact) mass is 413 g/mol. The van der Waals surface area contributed by atoms with Crippen molar-refractivity contribution in [2.24, 2.45) is 5.10 Å². The summed E-state index contributed by atoms with van der Waals surface area (Å²) in [6.07, 6.45) is 2.47. The molecule has 0 unspecified atom stereocenters. The van der Waals surface area contributed by atoms with E-state index in [1.165, 1.54) is 0 Å². The third-order valence-electron chi connectivity index (χ3n) is 4.36. The predicted octanol–water partition coefficient (Wildman–Crippen LogP) is 4.69. The van der Waals surface area contributed by atoms with Gasteiger partial charge in [0.1, 0.15) is 18.1 Å². The van der Waals surface area contributed by atoms with Gasteiger partial charge in [-0.3, -0.25) is 4.79 Å². The molecule has 0 aliphatic heterocycles.